The molecule has 0 aliphatic carbocycles. The van der Waals surface area contributed by atoms with Gasteiger partial charge in [0.15, 0.2) is 6.30 Å². The number of hydrogen-bond acceptors (Lipinski definition) is 4. The Hall–Kier alpha value is -1.62. The van der Waals surface area contributed by atoms with E-state index in [4.69, 9.17) is 9.47 Å². The molecule has 4 nitrogen and oxygen atoms in total. The fourth-order valence-corrected chi connectivity index (χ4v) is 1.74. The summed E-state index contributed by atoms with van der Waals surface area (Å²) in [6.45, 7) is 2.47. The first-order valence-electron chi connectivity index (χ1n) is 5.44. The molecule has 17 heavy (non-hydrogen) atoms. The van der Waals surface area contributed by atoms with Crippen molar-refractivity contribution < 1.29 is 18.7 Å². The molecule has 0 amide bonds. The standard InChI is InChI=1S/C12H14FNO3/c1-9(15)17-11-4-2-10(3-5-11)14-6-7-16-8-12(14)13/h2-5,12H,6-8H2,1H3. The van der Waals surface area contributed by atoms with E-state index in [0.29, 0.717) is 18.9 Å². The molecule has 0 aromatic heterocycles. The van der Waals surface area contributed by atoms with Crippen LogP contribution < -0.4 is 9.64 Å². The van der Waals surface area contributed by atoms with E-state index in [1.165, 1.54) is 6.92 Å². The molecular formula is C12H14FNO3. The Kier molecular flexibility index (Phi) is 3.58. The van der Waals surface area contributed by atoms with Crippen LogP contribution in [0.15, 0.2) is 24.3 Å². The summed E-state index contributed by atoms with van der Waals surface area (Å²) in [5.74, 6) is 0.0948. The lowest BCUT2D eigenvalue weighted by atomic mass is 10.2. The van der Waals surface area contributed by atoms with Crippen LogP contribution in [0, 0.1) is 0 Å². The zero-order valence-electron chi connectivity index (χ0n) is 9.56. The lowest BCUT2D eigenvalue weighted by molar-refractivity contribution is -0.131. The van der Waals surface area contributed by atoms with Crippen molar-refractivity contribution in [1.82, 2.24) is 0 Å². The van der Waals surface area contributed by atoms with Gasteiger partial charge < -0.3 is 14.4 Å². The number of benzene rings is 1. The summed E-state index contributed by atoms with van der Waals surface area (Å²) < 4.78 is 23.5. The van der Waals surface area contributed by atoms with Gasteiger partial charge in [0.05, 0.1) is 13.2 Å². The molecule has 2 rings (SSSR count). The Balaban J connectivity index is 2.08. The average molecular weight is 239 g/mol. The van der Waals surface area contributed by atoms with Gasteiger partial charge in [0.1, 0.15) is 5.75 Å². The van der Waals surface area contributed by atoms with Crippen LogP contribution in [-0.4, -0.2) is 32.0 Å². The van der Waals surface area contributed by atoms with Crippen LogP contribution in [0.1, 0.15) is 6.92 Å². The van der Waals surface area contributed by atoms with E-state index in [0.717, 1.165) is 5.69 Å². The van der Waals surface area contributed by atoms with Gasteiger partial charge in [-0.1, -0.05) is 0 Å². The summed E-state index contributed by atoms with van der Waals surface area (Å²) in [7, 11) is 0. The minimum atomic E-state index is -1.12. The molecule has 1 aliphatic rings. The summed E-state index contributed by atoms with van der Waals surface area (Å²) >= 11 is 0. The number of rotatable bonds is 2. The quantitative estimate of drug-likeness (QED) is 0.447. The molecule has 1 saturated heterocycles. The molecule has 1 fully saturated rings. The highest BCUT2D eigenvalue weighted by atomic mass is 19.1. The monoisotopic (exact) mass is 239 g/mol. The van der Waals surface area contributed by atoms with E-state index >= 15 is 0 Å². The van der Waals surface area contributed by atoms with Gasteiger partial charge in [-0.3, -0.25) is 4.79 Å². The molecule has 1 atom stereocenters. The topological polar surface area (TPSA) is 38.8 Å². The number of morpholine rings is 1. The van der Waals surface area contributed by atoms with Crippen LogP contribution in [0.4, 0.5) is 10.1 Å². The van der Waals surface area contributed by atoms with E-state index in [9.17, 15) is 9.18 Å². The van der Waals surface area contributed by atoms with Crippen molar-refractivity contribution in [2.24, 2.45) is 0 Å². The summed E-state index contributed by atoms with van der Waals surface area (Å²) in [4.78, 5) is 12.4. The molecule has 1 unspecified atom stereocenters. The average Bonchev–Trinajstić information content (AvgIpc) is 2.30. The molecular weight excluding hydrogens is 225 g/mol. The maximum Gasteiger partial charge on any atom is 0.308 e. The second-order valence-electron chi connectivity index (χ2n) is 3.79. The smallest absolute Gasteiger partial charge is 0.308 e. The number of esters is 1. The fourth-order valence-electron chi connectivity index (χ4n) is 1.74. The summed E-state index contributed by atoms with van der Waals surface area (Å²) in [6.07, 6.45) is -1.12. The van der Waals surface area contributed by atoms with Gasteiger partial charge in [0.25, 0.3) is 0 Å². The lowest BCUT2D eigenvalue weighted by Gasteiger charge is -2.32. The lowest BCUT2D eigenvalue weighted by Crippen LogP contribution is -2.42. The van der Waals surface area contributed by atoms with Gasteiger partial charge in [-0.2, -0.15) is 0 Å². The molecule has 5 heteroatoms. The van der Waals surface area contributed by atoms with Crippen molar-refractivity contribution in [3.05, 3.63) is 24.3 Å². The van der Waals surface area contributed by atoms with E-state index in [2.05, 4.69) is 0 Å². The number of nitrogens with zero attached hydrogens (tertiary/aromatic N) is 1. The maximum absolute atomic E-state index is 13.6. The number of carbonyl (C=O) groups excluding carboxylic acids is 1. The van der Waals surface area contributed by atoms with Crippen molar-refractivity contribution in [3.8, 4) is 5.75 Å². The Bertz CT molecular complexity index is 393. The van der Waals surface area contributed by atoms with Gasteiger partial charge in [0, 0.05) is 19.2 Å². The predicted molar refractivity (Wildman–Crippen MR) is 60.8 cm³/mol. The van der Waals surface area contributed by atoms with E-state index in [1.54, 1.807) is 29.2 Å². The van der Waals surface area contributed by atoms with Crippen LogP contribution >= 0.6 is 0 Å². The van der Waals surface area contributed by atoms with Gasteiger partial charge >= 0.3 is 5.97 Å². The van der Waals surface area contributed by atoms with Crippen LogP contribution in [0.25, 0.3) is 0 Å². The Morgan fingerprint density at radius 3 is 2.76 bits per heavy atom. The molecule has 1 aromatic carbocycles. The Labute approximate surface area is 98.9 Å². The summed E-state index contributed by atoms with van der Waals surface area (Å²) in [6, 6.07) is 6.77. The SMILES string of the molecule is CC(=O)Oc1ccc(N2CCOCC2F)cc1. The normalized spacial score (nSPS) is 20.1. The molecule has 0 radical (unpaired) electrons. The number of hydrogen-bond donors (Lipinski definition) is 0. The zero-order valence-corrected chi connectivity index (χ0v) is 9.56. The van der Waals surface area contributed by atoms with Crippen LogP contribution in [0.3, 0.4) is 0 Å². The summed E-state index contributed by atoms with van der Waals surface area (Å²) in [5, 5.41) is 0. The van der Waals surface area contributed by atoms with Crippen LogP contribution in [0.2, 0.25) is 0 Å². The number of halogens is 1. The minimum Gasteiger partial charge on any atom is -0.427 e. The zero-order chi connectivity index (χ0) is 12.3. The molecule has 1 heterocycles. The number of anilines is 1. The van der Waals surface area contributed by atoms with Gasteiger partial charge in [0.2, 0.25) is 0 Å². The third-order valence-corrected chi connectivity index (χ3v) is 2.50. The Morgan fingerprint density at radius 1 is 1.47 bits per heavy atom. The molecule has 0 saturated carbocycles. The first-order valence-corrected chi connectivity index (χ1v) is 5.44. The molecule has 0 bridgehead atoms. The third-order valence-electron chi connectivity index (χ3n) is 2.50. The molecule has 0 N–H and O–H groups in total. The van der Waals surface area contributed by atoms with Crippen molar-refractivity contribution in [3.63, 3.8) is 0 Å². The largest absolute Gasteiger partial charge is 0.427 e. The number of ether oxygens (including phenoxy) is 2. The second-order valence-corrected chi connectivity index (χ2v) is 3.79. The maximum atomic E-state index is 13.6. The van der Waals surface area contributed by atoms with Crippen molar-refractivity contribution >= 4 is 11.7 Å². The second kappa shape index (κ2) is 5.14. The highest BCUT2D eigenvalue weighted by Crippen LogP contribution is 2.23. The van der Waals surface area contributed by atoms with Gasteiger partial charge in [-0.15, -0.1) is 0 Å². The van der Waals surface area contributed by atoms with Crippen molar-refractivity contribution in [2.75, 3.05) is 24.7 Å². The van der Waals surface area contributed by atoms with Crippen molar-refractivity contribution in [1.29, 1.82) is 0 Å². The number of carbonyl (C=O) groups is 1. The first kappa shape index (κ1) is 11.9. The van der Waals surface area contributed by atoms with Crippen molar-refractivity contribution in [2.45, 2.75) is 13.2 Å². The predicted octanol–water partition coefficient (Wildman–Crippen LogP) is 1.74. The first-order chi connectivity index (χ1) is 8.16. The molecule has 1 aliphatic heterocycles. The molecule has 92 valence electrons. The highest BCUT2D eigenvalue weighted by Gasteiger charge is 2.22. The summed E-state index contributed by atoms with van der Waals surface area (Å²) in [5.41, 5.74) is 0.761. The van der Waals surface area contributed by atoms with E-state index in [1.807, 2.05) is 0 Å². The molecule has 0 spiro atoms. The van der Waals surface area contributed by atoms with E-state index < -0.39 is 6.30 Å². The fraction of sp³-hybridized carbons (Fsp3) is 0.417. The van der Waals surface area contributed by atoms with Crippen LogP contribution in [0.5, 0.6) is 5.75 Å². The third kappa shape index (κ3) is 2.94. The Morgan fingerprint density at radius 2 is 2.18 bits per heavy atom. The van der Waals surface area contributed by atoms with Crippen LogP contribution in [-0.2, 0) is 9.53 Å². The van der Waals surface area contributed by atoms with Gasteiger partial charge in [-0.25, -0.2) is 4.39 Å². The highest BCUT2D eigenvalue weighted by molar-refractivity contribution is 5.69. The minimum absolute atomic E-state index is 0.0890. The number of alkyl halides is 1. The van der Waals surface area contributed by atoms with E-state index in [-0.39, 0.29) is 12.6 Å². The van der Waals surface area contributed by atoms with Gasteiger partial charge in [-0.05, 0) is 24.3 Å². The molecule has 1 aromatic rings.